The summed E-state index contributed by atoms with van der Waals surface area (Å²) in [5, 5.41) is 12.6. The number of pyridine rings is 1. The second kappa shape index (κ2) is 4.28. The van der Waals surface area contributed by atoms with Crippen LogP contribution in [0.15, 0.2) is 30.6 Å². The molecule has 7 heteroatoms. The van der Waals surface area contributed by atoms with E-state index in [2.05, 4.69) is 10.1 Å². The van der Waals surface area contributed by atoms with Crippen molar-refractivity contribution in [3.05, 3.63) is 47.8 Å². The number of nitrogen functional groups attached to an aromatic ring is 1. The molecule has 0 bridgehead atoms. The van der Waals surface area contributed by atoms with E-state index in [0.717, 1.165) is 12.1 Å². The predicted octanol–water partition coefficient (Wildman–Crippen LogP) is 2.13. The summed E-state index contributed by atoms with van der Waals surface area (Å²) >= 11 is 0. The smallest absolute Gasteiger partial charge is 0.158 e. The first-order valence-corrected chi connectivity index (χ1v) is 5.59. The van der Waals surface area contributed by atoms with Crippen molar-refractivity contribution in [2.75, 3.05) is 5.73 Å². The lowest BCUT2D eigenvalue weighted by Gasteiger charge is -2.08. The Morgan fingerprint density at radius 3 is 2.50 bits per heavy atom. The Bertz CT molecular complexity index is 840. The number of nitriles is 1. The van der Waals surface area contributed by atoms with Crippen molar-refractivity contribution in [3.63, 3.8) is 0 Å². The van der Waals surface area contributed by atoms with Gasteiger partial charge in [-0.1, -0.05) is 0 Å². The van der Waals surface area contributed by atoms with Crippen molar-refractivity contribution < 1.29 is 8.78 Å². The summed E-state index contributed by atoms with van der Waals surface area (Å²) < 4.78 is 29.4. The number of hydrogen-bond acceptors (Lipinski definition) is 4. The average molecular weight is 271 g/mol. The Hall–Kier alpha value is -3.01. The Morgan fingerprint density at radius 1 is 1.15 bits per heavy atom. The van der Waals surface area contributed by atoms with E-state index in [1.807, 2.05) is 0 Å². The minimum absolute atomic E-state index is 0.0949. The SMILES string of the molecule is N#Cc1cc(F)c(-c2cc(N)cc3ncnn23)c(F)c1. The molecule has 0 aliphatic rings. The van der Waals surface area contributed by atoms with E-state index in [0.29, 0.717) is 11.3 Å². The predicted molar refractivity (Wildman–Crippen MR) is 67.5 cm³/mol. The first-order valence-electron chi connectivity index (χ1n) is 5.59. The molecule has 5 nitrogen and oxygen atoms in total. The second-order valence-electron chi connectivity index (χ2n) is 4.13. The van der Waals surface area contributed by atoms with Crippen LogP contribution < -0.4 is 5.73 Å². The van der Waals surface area contributed by atoms with Gasteiger partial charge in [-0.2, -0.15) is 10.4 Å². The van der Waals surface area contributed by atoms with Crippen LogP contribution >= 0.6 is 0 Å². The minimum atomic E-state index is -0.857. The Labute approximate surface area is 111 Å². The molecule has 1 aromatic carbocycles. The van der Waals surface area contributed by atoms with Crippen molar-refractivity contribution in [2.24, 2.45) is 0 Å². The highest BCUT2D eigenvalue weighted by molar-refractivity contribution is 5.70. The molecule has 0 aliphatic carbocycles. The molecule has 0 amide bonds. The van der Waals surface area contributed by atoms with Gasteiger partial charge < -0.3 is 5.73 Å². The zero-order valence-corrected chi connectivity index (χ0v) is 10.0. The van der Waals surface area contributed by atoms with Crippen LogP contribution in [0, 0.1) is 23.0 Å². The topological polar surface area (TPSA) is 80.0 Å². The molecule has 0 atom stereocenters. The summed E-state index contributed by atoms with van der Waals surface area (Å²) in [5.74, 6) is -1.71. The molecule has 98 valence electrons. The highest BCUT2D eigenvalue weighted by Gasteiger charge is 2.17. The van der Waals surface area contributed by atoms with E-state index in [4.69, 9.17) is 11.0 Å². The van der Waals surface area contributed by atoms with Crippen molar-refractivity contribution in [1.29, 1.82) is 5.26 Å². The van der Waals surface area contributed by atoms with Gasteiger partial charge in [0.25, 0.3) is 0 Å². The van der Waals surface area contributed by atoms with Gasteiger partial charge in [0.15, 0.2) is 5.65 Å². The first-order chi connectivity index (χ1) is 9.60. The summed E-state index contributed by atoms with van der Waals surface area (Å²) in [6, 6.07) is 6.55. The van der Waals surface area contributed by atoms with Crippen LogP contribution in [0.25, 0.3) is 16.9 Å². The van der Waals surface area contributed by atoms with Gasteiger partial charge in [-0.3, -0.25) is 0 Å². The van der Waals surface area contributed by atoms with Crippen molar-refractivity contribution in [1.82, 2.24) is 14.6 Å². The van der Waals surface area contributed by atoms with Crippen LogP contribution in [-0.4, -0.2) is 14.6 Å². The molecular weight excluding hydrogens is 264 g/mol. The Morgan fingerprint density at radius 2 is 1.85 bits per heavy atom. The lowest BCUT2D eigenvalue weighted by atomic mass is 10.1. The van der Waals surface area contributed by atoms with Crippen molar-refractivity contribution in [3.8, 4) is 17.3 Å². The van der Waals surface area contributed by atoms with Gasteiger partial charge in [-0.05, 0) is 18.2 Å². The van der Waals surface area contributed by atoms with E-state index in [1.165, 1.54) is 23.0 Å². The van der Waals surface area contributed by atoms with Crippen LogP contribution in [0.3, 0.4) is 0 Å². The van der Waals surface area contributed by atoms with Crippen LogP contribution in [0.1, 0.15) is 5.56 Å². The number of rotatable bonds is 1. The molecule has 2 heterocycles. The van der Waals surface area contributed by atoms with Crippen LogP contribution in [0.2, 0.25) is 0 Å². The fraction of sp³-hybridized carbons (Fsp3) is 0. The maximum Gasteiger partial charge on any atom is 0.158 e. The molecule has 3 aromatic rings. The number of nitrogens with two attached hydrogens (primary N) is 1. The molecule has 2 aromatic heterocycles. The van der Waals surface area contributed by atoms with E-state index >= 15 is 0 Å². The number of hydrogen-bond donors (Lipinski definition) is 1. The number of aromatic nitrogens is 3. The molecule has 0 saturated carbocycles. The summed E-state index contributed by atoms with van der Waals surface area (Å²) in [7, 11) is 0. The summed E-state index contributed by atoms with van der Waals surface area (Å²) in [5.41, 5.74) is 6.13. The van der Waals surface area contributed by atoms with E-state index in [9.17, 15) is 8.78 Å². The normalized spacial score (nSPS) is 10.7. The van der Waals surface area contributed by atoms with Crippen LogP contribution in [0.4, 0.5) is 14.5 Å². The van der Waals surface area contributed by atoms with Crippen LogP contribution in [0.5, 0.6) is 0 Å². The standard InChI is InChI=1S/C13H7F2N5/c14-9-1-7(5-16)2-10(15)13(9)11-3-8(17)4-12-18-6-19-20(11)12/h1-4,6H,17H2. The highest BCUT2D eigenvalue weighted by atomic mass is 19.1. The zero-order chi connectivity index (χ0) is 14.3. The second-order valence-corrected chi connectivity index (χ2v) is 4.13. The maximum atomic E-state index is 14.1. The van der Waals surface area contributed by atoms with E-state index in [1.54, 1.807) is 6.07 Å². The minimum Gasteiger partial charge on any atom is -0.399 e. The highest BCUT2D eigenvalue weighted by Crippen LogP contribution is 2.28. The molecule has 0 unspecified atom stereocenters. The molecule has 2 N–H and O–H groups in total. The molecule has 0 saturated heterocycles. The quantitative estimate of drug-likeness (QED) is 0.735. The summed E-state index contributed by atoms with van der Waals surface area (Å²) in [4.78, 5) is 3.93. The molecule has 20 heavy (non-hydrogen) atoms. The van der Waals surface area contributed by atoms with Gasteiger partial charge in [0.2, 0.25) is 0 Å². The van der Waals surface area contributed by atoms with E-state index < -0.39 is 11.6 Å². The van der Waals surface area contributed by atoms with Crippen molar-refractivity contribution in [2.45, 2.75) is 0 Å². The molecule has 0 aliphatic heterocycles. The molecular formula is C13H7F2N5. The summed E-state index contributed by atoms with van der Waals surface area (Å²) in [6.07, 6.45) is 1.26. The number of nitrogens with zero attached hydrogens (tertiary/aromatic N) is 4. The van der Waals surface area contributed by atoms with Gasteiger partial charge in [-0.15, -0.1) is 0 Å². The molecule has 0 radical (unpaired) electrons. The van der Waals surface area contributed by atoms with Gasteiger partial charge in [0.05, 0.1) is 22.9 Å². The van der Waals surface area contributed by atoms with Gasteiger partial charge in [0, 0.05) is 11.8 Å². The third-order valence-electron chi connectivity index (χ3n) is 2.83. The fourth-order valence-corrected chi connectivity index (χ4v) is 2.00. The lowest BCUT2D eigenvalue weighted by molar-refractivity contribution is 0.587. The Balaban J connectivity index is 2.37. The number of benzene rings is 1. The Kier molecular flexibility index (Phi) is 2.57. The van der Waals surface area contributed by atoms with Gasteiger partial charge >= 0.3 is 0 Å². The number of fused-ring (bicyclic) bond motifs is 1. The third-order valence-corrected chi connectivity index (χ3v) is 2.83. The monoisotopic (exact) mass is 271 g/mol. The first kappa shape index (κ1) is 12.0. The fourth-order valence-electron chi connectivity index (χ4n) is 2.00. The largest absolute Gasteiger partial charge is 0.399 e. The molecule has 0 spiro atoms. The maximum absolute atomic E-state index is 14.1. The molecule has 0 fully saturated rings. The van der Waals surface area contributed by atoms with Gasteiger partial charge in [-0.25, -0.2) is 18.3 Å². The number of halogens is 2. The molecule has 3 rings (SSSR count). The van der Waals surface area contributed by atoms with Gasteiger partial charge in [0.1, 0.15) is 18.0 Å². The average Bonchev–Trinajstić information content (AvgIpc) is 2.85. The van der Waals surface area contributed by atoms with Crippen molar-refractivity contribution >= 4 is 11.3 Å². The van der Waals surface area contributed by atoms with E-state index in [-0.39, 0.29) is 16.8 Å². The zero-order valence-electron chi connectivity index (χ0n) is 10.0. The number of anilines is 1. The third kappa shape index (κ3) is 1.75. The lowest BCUT2D eigenvalue weighted by Crippen LogP contribution is -2.01. The summed E-state index contributed by atoms with van der Waals surface area (Å²) in [6.45, 7) is 0. The van der Waals surface area contributed by atoms with Crippen LogP contribution in [-0.2, 0) is 0 Å².